The number of fused-ring (bicyclic) bond motifs is 1. The summed E-state index contributed by atoms with van der Waals surface area (Å²) in [5, 5.41) is 4.22. The third-order valence-corrected chi connectivity index (χ3v) is 7.85. The van der Waals surface area contributed by atoms with E-state index in [1.165, 1.54) is 29.2 Å². The number of benzene rings is 2. The number of carbonyl (C=O) groups excluding carboxylic acids is 1. The van der Waals surface area contributed by atoms with E-state index in [-0.39, 0.29) is 11.6 Å². The maximum Gasteiger partial charge on any atom is 0.230 e. The second kappa shape index (κ2) is 9.38. The number of aromatic nitrogens is 3. The molecule has 5 aromatic rings. The van der Waals surface area contributed by atoms with E-state index in [0.29, 0.717) is 10.9 Å². The van der Waals surface area contributed by atoms with Gasteiger partial charge in [0.05, 0.1) is 11.4 Å². The highest BCUT2D eigenvalue weighted by molar-refractivity contribution is 7.98. The highest BCUT2D eigenvalue weighted by Crippen LogP contribution is 2.37. The summed E-state index contributed by atoms with van der Waals surface area (Å²) >= 11 is 4.52. The zero-order valence-electron chi connectivity index (χ0n) is 17.4. The first-order valence-electron chi connectivity index (χ1n) is 10.0. The highest BCUT2D eigenvalue weighted by Gasteiger charge is 2.21. The lowest BCUT2D eigenvalue weighted by Crippen LogP contribution is -2.23. The van der Waals surface area contributed by atoms with Gasteiger partial charge in [-0.1, -0.05) is 54.2 Å². The van der Waals surface area contributed by atoms with Gasteiger partial charge in [0, 0.05) is 28.3 Å². The molecule has 0 bridgehead atoms. The first-order chi connectivity index (χ1) is 16.1. The zero-order chi connectivity index (χ0) is 22.8. The molecule has 0 saturated carbocycles. The van der Waals surface area contributed by atoms with Gasteiger partial charge in [0.2, 0.25) is 5.91 Å². The van der Waals surface area contributed by atoms with Gasteiger partial charge >= 0.3 is 0 Å². The minimum atomic E-state index is -0.464. The van der Waals surface area contributed by atoms with Gasteiger partial charge in [-0.15, -0.1) is 22.7 Å². The predicted octanol–water partition coefficient (Wildman–Crippen LogP) is 6.93. The number of hydrogen-bond acceptors (Lipinski definition) is 7. The monoisotopic (exact) mass is 492 g/mol. The SMILES string of the molecule is CC(=O)N(c1nc(CSc2ncnc3sc(-c4ccccc4)cc23)cs1)c1ccccc1F. The molecular formula is C24H17FN4OS3. The lowest BCUT2D eigenvalue weighted by molar-refractivity contribution is -0.115. The van der Waals surface area contributed by atoms with Crippen molar-refractivity contribution in [2.75, 3.05) is 4.90 Å². The molecular weight excluding hydrogens is 475 g/mol. The van der Waals surface area contributed by atoms with Crippen LogP contribution >= 0.6 is 34.4 Å². The molecule has 164 valence electrons. The molecule has 5 rings (SSSR count). The molecule has 3 aromatic heterocycles. The van der Waals surface area contributed by atoms with Crippen LogP contribution in [0.15, 0.2) is 77.4 Å². The second-order valence-corrected chi connectivity index (χ2v) is 9.92. The summed E-state index contributed by atoms with van der Waals surface area (Å²) in [6.07, 6.45) is 1.58. The summed E-state index contributed by atoms with van der Waals surface area (Å²) in [7, 11) is 0. The van der Waals surface area contributed by atoms with Crippen LogP contribution in [0.2, 0.25) is 0 Å². The summed E-state index contributed by atoms with van der Waals surface area (Å²) in [6, 6.07) is 18.5. The van der Waals surface area contributed by atoms with E-state index in [0.717, 1.165) is 31.4 Å². The Bertz CT molecular complexity index is 1430. The van der Waals surface area contributed by atoms with Gasteiger partial charge in [0.15, 0.2) is 5.13 Å². The maximum absolute atomic E-state index is 14.3. The van der Waals surface area contributed by atoms with Crippen molar-refractivity contribution in [3.63, 3.8) is 0 Å². The molecule has 5 nitrogen and oxygen atoms in total. The van der Waals surface area contributed by atoms with Gasteiger partial charge in [-0.05, 0) is 23.8 Å². The molecule has 0 spiro atoms. The van der Waals surface area contributed by atoms with Crippen LogP contribution in [-0.4, -0.2) is 20.9 Å². The number of amides is 1. The van der Waals surface area contributed by atoms with Gasteiger partial charge in [0.25, 0.3) is 0 Å². The summed E-state index contributed by atoms with van der Waals surface area (Å²) in [6.45, 7) is 1.40. The molecule has 3 heterocycles. The van der Waals surface area contributed by atoms with E-state index < -0.39 is 5.82 Å². The van der Waals surface area contributed by atoms with E-state index in [4.69, 9.17) is 0 Å². The van der Waals surface area contributed by atoms with E-state index in [1.54, 1.807) is 47.6 Å². The van der Waals surface area contributed by atoms with Gasteiger partial charge in [-0.25, -0.2) is 19.3 Å². The van der Waals surface area contributed by atoms with Crippen LogP contribution in [0, 0.1) is 5.82 Å². The molecule has 0 unspecified atom stereocenters. The average Bonchev–Trinajstić information content (AvgIpc) is 3.47. The minimum absolute atomic E-state index is 0.197. The van der Waals surface area contributed by atoms with Gasteiger partial charge < -0.3 is 0 Å². The van der Waals surface area contributed by atoms with Gasteiger partial charge in [0.1, 0.15) is 22.0 Å². The fourth-order valence-electron chi connectivity index (χ4n) is 3.34. The number of hydrogen-bond donors (Lipinski definition) is 0. The van der Waals surface area contributed by atoms with Gasteiger partial charge in [-0.3, -0.25) is 9.69 Å². The molecule has 9 heteroatoms. The molecule has 0 aliphatic carbocycles. The molecule has 0 radical (unpaired) electrons. The largest absolute Gasteiger partial charge is 0.274 e. The number of thiophene rings is 1. The van der Waals surface area contributed by atoms with E-state index in [2.05, 4.69) is 33.2 Å². The molecule has 1 amide bonds. The van der Waals surface area contributed by atoms with Crippen LogP contribution in [-0.2, 0) is 10.5 Å². The second-order valence-electron chi connectivity index (χ2n) is 7.09. The molecule has 0 aliphatic heterocycles. The Balaban J connectivity index is 1.38. The first-order valence-corrected chi connectivity index (χ1v) is 12.7. The van der Waals surface area contributed by atoms with Crippen LogP contribution in [0.1, 0.15) is 12.6 Å². The van der Waals surface area contributed by atoms with Crippen molar-refractivity contribution < 1.29 is 9.18 Å². The summed E-state index contributed by atoms with van der Waals surface area (Å²) in [5.74, 6) is -0.186. The number of thioether (sulfide) groups is 1. The normalized spacial score (nSPS) is 11.1. The van der Waals surface area contributed by atoms with Crippen LogP contribution in [0.4, 0.5) is 15.2 Å². The Morgan fingerprint density at radius 3 is 2.67 bits per heavy atom. The molecule has 0 atom stereocenters. The molecule has 0 saturated heterocycles. The molecule has 0 aliphatic rings. The Morgan fingerprint density at radius 1 is 1.09 bits per heavy atom. The Labute approximate surface area is 202 Å². The Hall–Kier alpha value is -3.14. The molecule has 33 heavy (non-hydrogen) atoms. The lowest BCUT2D eigenvalue weighted by Gasteiger charge is -2.18. The third-order valence-electron chi connectivity index (χ3n) is 4.85. The van der Waals surface area contributed by atoms with Crippen molar-refractivity contribution in [3.8, 4) is 10.4 Å². The van der Waals surface area contributed by atoms with Crippen LogP contribution < -0.4 is 4.90 Å². The number of nitrogens with zero attached hydrogens (tertiary/aromatic N) is 4. The first kappa shape index (κ1) is 21.7. The fraction of sp³-hybridized carbons (Fsp3) is 0.0833. The third kappa shape index (κ3) is 4.52. The van der Waals surface area contributed by atoms with Crippen molar-refractivity contribution >= 4 is 61.4 Å². The predicted molar refractivity (Wildman–Crippen MR) is 134 cm³/mol. The van der Waals surface area contributed by atoms with Gasteiger partial charge in [-0.2, -0.15) is 0 Å². The van der Waals surface area contributed by atoms with Crippen molar-refractivity contribution in [1.82, 2.24) is 15.0 Å². The van der Waals surface area contributed by atoms with E-state index in [1.807, 2.05) is 23.6 Å². The zero-order valence-corrected chi connectivity index (χ0v) is 19.9. The lowest BCUT2D eigenvalue weighted by atomic mass is 10.2. The smallest absolute Gasteiger partial charge is 0.230 e. The Morgan fingerprint density at radius 2 is 1.88 bits per heavy atom. The van der Waals surface area contributed by atoms with E-state index in [9.17, 15) is 9.18 Å². The van der Waals surface area contributed by atoms with Crippen molar-refractivity contribution in [2.45, 2.75) is 17.7 Å². The summed E-state index contributed by atoms with van der Waals surface area (Å²) in [4.78, 5) is 29.1. The fourth-order valence-corrected chi connectivity index (χ4v) is 6.26. The van der Waals surface area contributed by atoms with Crippen LogP contribution in [0.3, 0.4) is 0 Å². The number of anilines is 2. The topological polar surface area (TPSA) is 59.0 Å². The number of rotatable bonds is 6. The molecule has 2 aromatic carbocycles. The van der Waals surface area contributed by atoms with E-state index >= 15 is 0 Å². The molecule has 0 N–H and O–H groups in total. The minimum Gasteiger partial charge on any atom is -0.274 e. The molecule has 0 fully saturated rings. The van der Waals surface area contributed by atoms with Crippen molar-refractivity contribution in [3.05, 3.63) is 83.9 Å². The number of para-hydroxylation sites is 1. The summed E-state index contributed by atoms with van der Waals surface area (Å²) < 4.78 is 14.3. The average molecular weight is 493 g/mol. The maximum atomic E-state index is 14.3. The standard InChI is InChI=1S/C24H17FN4OS3/c1-15(30)29(20-10-6-5-9-19(20)25)24-28-17(13-32-24)12-31-22-18-11-21(16-7-3-2-4-8-16)33-23(18)27-14-26-22/h2-11,13-14H,12H2,1H3. The van der Waals surface area contributed by atoms with Crippen molar-refractivity contribution in [1.29, 1.82) is 0 Å². The summed E-state index contributed by atoms with van der Waals surface area (Å²) in [5.41, 5.74) is 2.15. The van der Waals surface area contributed by atoms with Crippen molar-refractivity contribution in [2.24, 2.45) is 0 Å². The number of carbonyl (C=O) groups is 1. The van der Waals surface area contributed by atoms with Crippen LogP contribution in [0.25, 0.3) is 20.7 Å². The highest BCUT2D eigenvalue weighted by atomic mass is 32.2. The number of halogens is 1. The van der Waals surface area contributed by atoms with Crippen LogP contribution in [0.5, 0.6) is 0 Å². The quantitative estimate of drug-likeness (QED) is 0.190. The Kier molecular flexibility index (Phi) is 6.17. The number of thiazole rings is 1.